The van der Waals surface area contributed by atoms with Crippen LogP contribution in [-0.4, -0.2) is 23.4 Å². The molecule has 0 bridgehead atoms. The summed E-state index contributed by atoms with van der Waals surface area (Å²) in [6.07, 6.45) is 8.03. The number of hydrogen-bond acceptors (Lipinski definition) is 4. The summed E-state index contributed by atoms with van der Waals surface area (Å²) >= 11 is 3.31. The Morgan fingerprint density at radius 3 is 2.60 bits per heavy atom. The van der Waals surface area contributed by atoms with Gasteiger partial charge in [0.1, 0.15) is 0 Å². The van der Waals surface area contributed by atoms with Gasteiger partial charge in [0.2, 0.25) is 0 Å². The first-order valence-corrected chi connectivity index (χ1v) is 5.51. The molecule has 0 rings (SSSR count). The lowest BCUT2D eigenvalue weighted by atomic mass is 10.7. The zero-order valence-corrected chi connectivity index (χ0v) is 8.26. The van der Waals surface area contributed by atoms with Gasteiger partial charge in [-0.25, -0.2) is 0 Å². The van der Waals surface area contributed by atoms with Crippen LogP contribution in [0, 0.1) is 0 Å². The molecule has 0 aliphatic carbocycles. The summed E-state index contributed by atoms with van der Waals surface area (Å²) in [5, 5.41) is 0. The lowest BCUT2D eigenvalue weighted by Gasteiger charge is -2.12. The quantitative estimate of drug-likeness (QED) is 0.647. The van der Waals surface area contributed by atoms with E-state index in [9.17, 15) is 0 Å². The second-order valence-corrected chi connectivity index (χ2v) is 3.03. The number of hydrogen-bond donors (Lipinski definition) is 1. The zero-order chi connectivity index (χ0) is 7.82. The summed E-state index contributed by atoms with van der Waals surface area (Å²) in [5.41, 5.74) is 0. The lowest BCUT2D eigenvalue weighted by Crippen LogP contribution is -2.06. The molecule has 0 aromatic heterocycles. The molecule has 0 aromatic rings. The summed E-state index contributed by atoms with van der Waals surface area (Å²) in [4.78, 5) is 0. The van der Waals surface area contributed by atoms with Crippen molar-refractivity contribution in [3.63, 3.8) is 0 Å². The number of rotatable bonds is 5. The maximum atomic E-state index is 3.03. The summed E-state index contributed by atoms with van der Waals surface area (Å²) in [7, 11) is 0. The van der Waals surface area contributed by atoms with Gasteiger partial charge in [-0.3, -0.25) is 0 Å². The van der Waals surface area contributed by atoms with Crippen LogP contribution in [0.1, 0.15) is 6.92 Å². The van der Waals surface area contributed by atoms with Crippen molar-refractivity contribution in [3.8, 4) is 0 Å². The van der Waals surface area contributed by atoms with Crippen LogP contribution in [0.25, 0.3) is 0 Å². The molecule has 0 saturated carbocycles. The Morgan fingerprint density at radius 2 is 2.20 bits per heavy atom. The highest BCUT2D eigenvalue weighted by molar-refractivity contribution is 7.96. The van der Waals surface area contributed by atoms with Gasteiger partial charge in [0.05, 0.1) is 0 Å². The van der Waals surface area contributed by atoms with Crippen LogP contribution >= 0.6 is 23.9 Å². The fraction of sp³-hybridized carbons (Fsp3) is 0.667. The third-order valence-electron chi connectivity index (χ3n) is 0.973. The molecule has 0 aliphatic rings. The molecule has 0 aromatic carbocycles. The van der Waals surface area contributed by atoms with Gasteiger partial charge in [-0.2, -0.15) is 0 Å². The van der Waals surface area contributed by atoms with Crippen molar-refractivity contribution in [3.05, 3.63) is 12.4 Å². The molecule has 10 heavy (non-hydrogen) atoms. The minimum absolute atomic E-state index is 1.04. The minimum atomic E-state index is 1.04. The van der Waals surface area contributed by atoms with E-state index < -0.39 is 0 Å². The topological polar surface area (TPSA) is 15.3 Å². The molecule has 0 radical (unpaired) electrons. The third kappa shape index (κ3) is 4.88. The smallest absolute Gasteiger partial charge is 0.0270 e. The molecule has 0 saturated heterocycles. The monoisotopic (exact) mass is 178 g/mol. The number of nitrogens with zero attached hydrogens (tertiary/aromatic N) is 1. The van der Waals surface area contributed by atoms with Crippen LogP contribution in [-0.2, 0) is 0 Å². The van der Waals surface area contributed by atoms with Crippen LogP contribution in [0.2, 0.25) is 0 Å². The molecule has 0 heterocycles. The highest BCUT2D eigenvalue weighted by Crippen LogP contribution is 2.03. The predicted octanol–water partition coefficient (Wildman–Crippen LogP) is 1.93. The first kappa shape index (κ1) is 10.0. The molecule has 0 unspecified atom stereocenters. The van der Waals surface area contributed by atoms with Gasteiger partial charge in [-0.15, -0.1) is 0 Å². The molecular formula is C6H14N2S2. The van der Waals surface area contributed by atoms with Crippen molar-refractivity contribution >= 4 is 23.9 Å². The van der Waals surface area contributed by atoms with Crippen molar-refractivity contribution in [2.75, 3.05) is 19.1 Å². The van der Waals surface area contributed by atoms with Gasteiger partial charge >= 0.3 is 0 Å². The summed E-state index contributed by atoms with van der Waals surface area (Å²) in [6.45, 7) is 3.16. The van der Waals surface area contributed by atoms with E-state index in [1.165, 1.54) is 0 Å². The Bertz CT molecular complexity index is 91.7. The fourth-order valence-electron chi connectivity index (χ4n) is 0.477. The van der Waals surface area contributed by atoms with Crippen LogP contribution in [0.3, 0.4) is 0 Å². The average molecular weight is 178 g/mol. The van der Waals surface area contributed by atoms with Gasteiger partial charge in [0.25, 0.3) is 0 Å². The summed E-state index contributed by atoms with van der Waals surface area (Å²) in [5.74, 6) is 0. The van der Waals surface area contributed by atoms with Crippen LogP contribution in [0.5, 0.6) is 0 Å². The van der Waals surface area contributed by atoms with Crippen molar-refractivity contribution < 1.29 is 0 Å². The van der Waals surface area contributed by atoms with E-state index in [0.29, 0.717) is 0 Å². The summed E-state index contributed by atoms with van der Waals surface area (Å²) < 4.78 is 5.17. The van der Waals surface area contributed by atoms with Crippen molar-refractivity contribution in [1.82, 2.24) is 9.03 Å². The first-order valence-electron chi connectivity index (χ1n) is 3.11. The largest absolute Gasteiger partial charge is 0.335 e. The van der Waals surface area contributed by atoms with Crippen molar-refractivity contribution in [1.29, 1.82) is 0 Å². The van der Waals surface area contributed by atoms with Crippen LogP contribution in [0.4, 0.5) is 0 Å². The van der Waals surface area contributed by atoms with E-state index in [-0.39, 0.29) is 0 Å². The molecule has 1 N–H and O–H groups in total. The highest BCUT2D eigenvalue weighted by atomic mass is 32.2. The second-order valence-electron chi connectivity index (χ2n) is 1.55. The van der Waals surface area contributed by atoms with Crippen molar-refractivity contribution in [2.24, 2.45) is 0 Å². The average Bonchev–Trinajstić information content (AvgIpc) is 1.99. The molecule has 2 nitrogen and oxygen atoms in total. The maximum absolute atomic E-state index is 3.03. The Hall–Kier alpha value is 0.0400. The van der Waals surface area contributed by atoms with E-state index in [1.54, 1.807) is 23.9 Å². The molecule has 0 fully saturated rings. The highest BCUT2D eigenvalue weighted by Gasteiger charge is 1.87. The molecular weight excluding hydrogens is 164 g/mol. The molecule has 60 valence electrons. The molecule has 0 atom stereocenters. The summed E-state index contributed by atoms with van der Waals surface area (Å²) in [6, 6.07) is 0. The maximum Gasteiger partial charge on any atom is 0.0270 e. The van der Waals surface area contributed by atoms with E-state index in [2.05, 4.69) is 22.2 Å². The van der Waals surface area contributed by atoms with Gasteiger partial charge in [0, 0.05) is 31.5 Å². The first-order chi connectivity index (χ1) is 4.85. The molecule has 4 heteroatoms. The minimum Gasteiger partial charge on any atom is -0.335 e. The molecule has 0 spiro atoms. The Kier molecular flexibility index (Phi) is 7.18. The standard InChI is InChI=1S/C6H14N2S2/c1-4-8(10-3)6-5-7-9-2/h5-7H,4H2,1-3H3/b6-5-. The van der Waals surface area contributed by atoms with Crippen LogP contribution < -0.4 is 4.72 Å². The Morgan fingerprint density at radius 1 is 1.50 bits per heavy atom. The Balaban J connectivity index is 3.40. The van der Waals surface area contributed by atoms with Gasteiger partial charge in [0.15, 0.2) is 0 Å². The van der Waals surface area contributed by atoms with E-state index in [0.717, 1.165) is 6.54 Å². The Labute approximate surface area is 71.7 Å². The van der Waals surface area contributed by atoms with Gasteiger partial charge < -0.3 is 9.03 Å². The van der Waals surface area contributed by atoms with E-state index in [4.69, 9.17) is 0 Å². The predicted molar refractivity (Wildman–Crippen MR) is 51.7 cm³/mol. The fourth-order valence-corrected chi connectivity index (χ4v) is 1.11. The van der Waals surface area contributed by atoms with Gasteiger partial charge in [-0.05, 0) is 6.92 Å². The normalized spacial score (nSPS) is 10.3. The molecule has 0 aliphatic heterocycles. The van der Waals surface area contributed by atoms with E-state index in [1.807, 2.05) is 18.7 Å². The van der Waals surface area contributed by atoms with Crippen LogP contribution in [0.15, 0.2) is 12.4 Å². The third-order valence-corrected chi connectivity index (χ3v) is 2.19. The number of nitrogens with one attached hydrogen (secondary N) is 1. The SMILES string of the molecule is CCN(/C=C\NSC)SC. The lowest BCUT2D eigenvalue weighted by molar-refractivity contribution is 0.659. The molecule has 0 amide bonds. The zero-order valence-electron chi connectivity index (χ0n) is 6.63. The van der Waals surface area contributed by atoms with Crippen molar-refractivity contribution in [2.45, 2.75) is 6.92 Å². The second kappa shape index (κ2) is 7.15. The van der Waals surface area contributed by atoms with E-state index >= 15 is 0 Å². The van der Waals surface area contributed by atoms with Gasteiger partial charge in [-0.1, -0.05) is 23.9 Å².